The van der Waals surface area contributed by atoms with E-state index < -0.39 is 6.09 Å². The maximum Gasteiger partial charge on any atom is 0.407 e. The Bertz CT molecular complexity index is 669. The van der Waals surface area contributed by atoms with E-state index in [1.54, 1.807) is 0 Å². The fourth-order valence-corrected chi connectivity index (χ4v) is 3.10. The van der Waals surface area contributed by atoms with Gasteiger partial charge in [0.1, 0.15) is 0 Å². The fraction of sp³-hybridized carbons (Fsp3) is 0.278. The second kappa shape index (κ2) is 6.20. The van der Waals surface area contributed by atoms with Gasteiger partial charge in [0.25, 0.3) is 0 Å². The Morgan fingerprint density at radius 1 is 1.05 bits per heavy atom. The molecule has 114 valence electrons. The summed E-state index contributed by atoms with van der Waals surface area (Å²) in [6, 6.07) is 15.5. The molecule has 2 aromatic rings. The molecular weight excluding hydrogens is 278 g/mol. The van der Waals surface area contributed by atoms with Gasteiger partial charge in [-0.05, 0) is 35.1 Å². The number of rotatable bonds is 4. The number of nitrogens with zero attached hydrogens (tertiary/aromatic N) is 1. The predicted molar refractivity (Wildman–Crippen MR) is 83.6 cm³/mol. The molecule has 22 heavy (non-hydrogen) atoms. The standard InChI is InChI=1S/C18H19NO3/c20-12-14-6-7-15-9-17(10-16(15)8-14)19(18(21)22)11-13-4-2-1-3-5-13/h1-8,17,20H,9-12H2,(H,21,22)/t17-/m0/s1. The molecule has 4 heteroatoms. The van der Waals surface area contributed by atoms with Crippen LogP contribution >= 0.6 is 0 Å². The molecule has 0 bridgehead atoms. The second-order valence-electron chi connectivity index (χ2n) is 5.72. The Morgan fingerprint density at radius 3 is 2.45 bits per heavy atom. The first-order chi connectivity index (χ1) is 10.7. The van der Waals surface area contributed by atoms with Crippen molar-refractivity contribution in [2.75, 3.05) is 0 Å². The largest absolute Gasteiger partial charge is 0.465 e. The third-order valence-electron chi connectivity index (χ3n) is 4.25. The maximum atomic E-state index is 11.7. The molecule has 4 nitrogen and oxygen atoms in total. The van der Waals surface area contributed by atoms with Crippen molar-refractivity contribution in [1.29, 1.82) is 0 Å². The highest BCUT2D eigenvalue weighted by molar-refractivity contribution is 5.66. The van der Waals surface area contributed by atoms with Gasteiger partial charge in [-0.2, -0.15) is 0 Å². The topological polar surface area (TPSA) is 60.8 Å². The van der Waals surface area contributed by atoms with Crippen LogP contribution in [-0.4, -0.2) is 27.2 Å². The highest BCUT2D eigenvalue weighted by Crippen LogP contribution is 2.27. The molecule has 0 saturated carbocycles. The van der Waals surface area contributed by atoms with Gasteiger partial charge in [0.05, 0.1) is 6.61 Å². The quantitative estimate of drug-likeness (QED) is 0.912. The lowest BCUT2D eigenvalue weighted by molar-refractivity contribution is 0.122. The predicted octanol–water partition coefficient (Wildman–Crippen LogP) is 2.83. The molecule has 1 aliphatic carbocycles. The van der Waals surface area contributed by atoms with Gasteiger partial charge >= 0.3 is 6.09 Å². The summed E-state index contributed by atoms with van der Waals surface area (Å²) in [5.74, 6) is 0. The van der Waals surface area contributed by atoms with Gasteiger partial charge in [0, 0.05) is 12.6 Å². The van der Waals surface area contributed by atoms with Crippen LogP contribution in [0.15, 0.2) is 48.5 Å². The van der Waals surface area contributed by atoms with E-state index >= 15 is 0 Å². The van der Waals surface area contributed by atoms with Crippen LogP contribution in [0.1, 0.15) is 22.3 Å². The smallest absolute Gasteiger partial charge is 0.407 e. The molecule has 3 rings (SSSR count). The van der Waals surface area contributed by atoms with Crippen LogP contribution in [0.5, 0.6) is 0 Å². The van der Waals surface area contributed by atoms with Crippen LogP contribution in [-0.2, 0) is 26.0 Å². The molecule has 1 aliphatic rings. The number of hydrogen-bond acceptors (Lipinski definition) is 2. The molecule has 2 aromatic carbocycles. The lowest BCUT2D eigenvalue weighted by atomic mass is 10.1. The van der Waals surface area contributed by atoms with E-state index in [1.807, 2.05) is 48.5 Å². The number of benzene rings is 2. The van der Waals surface area contributed by atoms with Gasteiger partial charge < -0.3 is 15.1 Å². The van der Waals surface area contributed by atoms with Crippen LogP contribution in [0.4, 0.5) is 4.79 Å². The minimum Gasteiger partial charge on any atom is -0.465 e. The van der Waals surface area contributed by atoms with Crippen molar-refractivity contribution in [2.45, 2.75) is 32.0 Å². The first kappa shape index (κ1) is 14.6. The molecular formula is C18H19NO3. The summed E-state index contributed by atoms with van der Waals surface area (Å²) >= 11 is 0. The Balaban J connectivity index is 1.78. The molecule has 1 atom stereocenters. The van der Waals surface area contributed by atoms with Crippen LogP contribution < -0.4 is 0 Å². The van der Waals surface area contributed by atoms with Gasteiger partial charge in [-0.25, -0.2) is 4.79 Å². The van der Waals surface area contributed by atoms with E-state index in [-0.39, 0.29) is 12.6 Å². The first-order valence-corrected chi connectivity index (χ1v) is 7.42. The number of carbonyl (C=O) groups is 1. The van der Waals surface area contributed by atoms with Gasteiger partial charge in [-0.3, -0.25) is 0 Å². The summed E-state index contributed by atoms with van der Waals surface area (Å²) in [5, 5.41) is 18.8. The second-order valence-corrected chi connectivity index (χ2v) is 5.72. The number of aliphatic hydroxyl groups excluding tert-OH is 1. The molecule has 0 aliphatic heterocycles. The molecule has 0 radical (unpaired) electrons. The Morgan fingerprint density at radius 2 is 1.77 bits per heavy atom. The van der Waals surface area contributed by atoms with Crippen LogP contribution in [0.2, 0.25) is 0 Å². The van der Waals surface area contributed by atoms with Crippen molar-refractivity contribution in [1.82, 2.24) is 4.90 Å². The van der Waals surface area contributed by atoms with Crippen LogP contribution in [0.25, 0.3) is 0 Å². The number of fused-ring (bicyclic) bond motifs is 1. The van der Waals surface area contributed by atoms with Gasteiger partial charge in [0.15, 0.2) is 0 Å². The van der Waals surface area contributed by atoms with Crippen molar-refractivity contribution in [2.24, 2.45) is 0 Å². The van der Waals surface area contributed by atoms with Crippen molar-refractivity contribution >= 4 is 6.09 Å². The normalized spacial score (nSPS) is 16.3. The van der Waals surface area contributed by atoms with Gasteiger partial charge in [0.2, 0.25) is 0 Å². The average Bonchev–Trinajstić information content (AvgIpc) is 2.95. The third-order valence-corrected chi connectivity index (χ3v) is 4.25. The number of hydrogen-bond donors (Lipinski definition) is 2. The number of carboxylic acid groups (broad SMARTS) is 1. The number of aliphatic hydroxyl groups is 1. The molecule has 0 aromatic heterocycles. The molecule has 1 amide bonds. The summed E-state index contributed by atoms with van der Waals surface area (Å²) in [7, 11) is 0. The van der Waals surface area contributed by atoms with E-state index in [9.17, 15) is 15.0 Å². The lowest BCUT2D eigenvalue weighted by Crippen LogP contribution is -2.39. The van der Waals surface area contributed by atoms with E-state index in [0.29, 0.717) is 13.0 Å². The Hall–Kier alpha value is -2.33. The van der Waals surface area contributed by atoms with Crippen molar-refractivity contribution < 1.29 is 15.0 Å². The van der Waals surface area contributed by atoms with Gasteiger partial charge in [-0.15, -0.1) is 0 Å². The minimum absolute atomic E-state index is 0.0185. The third kappa shape index (κ3) is 2.97. The zero-order valence-corrected chi connectivity index (χ0v) is 12.3. The van der Waals surface area contributed by atoms with Crippen molar-refractivity contribution in [3.05, 3.63) is 70.8 Å². The fourth-order valence-electron chi connectivity index (χ4n) is 3.10. The molecule has 0 unspecified atom stereocenters. The van der Waals surface area contributed by atoms with Crippen LogP contribution in [0, 0.1) is 0 Å². The van der Waals surface area contributed by atoms with Crippen molar-refractivity contribution in [3.63, 3.8) is 0 Å². The molecule has 0 heterocycles. The zero-order chi connectivity index (χ0) is 15.5. The molecule has 0 spiro atoms. The highest BCUT2D eigenvalue weighted by Gasteiger charge is 2.30. The highest BCUT2D eigenvalue weighted by atomic mass is 16.4. The first-order valence-electron chi connectivity index (χ1n) is 7.42. The van der Waals surface area contributed by atoms with Crippen molar-refractivity contribution in [3.8, 4) is 0 Å². The lowest BCUT2D eigenvalue weighted by Gasteiger charge is -2.26. The van der Waals surface area contributed by atoms with E-state index in [2.05, 4.69) is 0 Å². The Labute approximate surface area is 129 Å². The zero-order valence-electron chi connectivity index (χ0n) is 12.3. The monoisotopic (exact) mass is 297 g/mol. The summed E-state index contributed by atoms with van der Waals surface area (Å²) in [6.45, 7) is 0.423. The summed E-state index contributed by atoms with van der Waals surface area (Å²) in [6.07, 6.45) is 0.562. The summed E-state index contributed by atoms with van der Waals surface area (Å²) in [5.41, 5.74) is 4.21. The average molecular weight is 297 g/mol. The SMILES string of the molecule is O=C(O)N(Cc1ccccc1)[C@H]1Cc2ccc(CO)cc2C1. The van der Waals surface area contributed by atoms with E-state index in [4.69, 9.17) is 0 Å². The van der Waals surface area contributed by atoms with E-state index in [1.165, 1.54) is 10.5 Å². The van der Waals surface area contributed by atoms with E-state index in [0.717, 1.165) is 23.1 Å². The minimum atomic E-state index is -0.885. The molecule has 0 saturated heterocycles. The number of amides is 1. The summed E-state index contributed by atoms with van der Waals surface area (Å²) < 4.78 is 0. The van der Waals surface area contributed by atoms with Crippen LogP contribution in [0.3, 0.4) is 0 Å². The molecule has 0 fully saturated rings. The van der Waals surface area contributed by atoms with Gasteiger partial charge in [-0.1, -0.05) is 48.5 Å². The summed E-state index contributed by atoms with van der Waals surface area (Å²) in [4.78, 5) is 13.2. The Kier molecular flexibility index (Phi) is 4.11. The molecule has 2 N–H and O–H groups in total. The maximum absolute atomic E-state index is 11.7.